The average Bonchev–Trinajstić information content (AvgIpc) is 2.90. The lowest BCUT2D eigenvalue weighted by Crippen LogP contribution is -1.85. The number of hydrogen-bond acceptors (Lipinski definition) is 2. The van der Waals surface area contributed by atoms with E-state index in [-0.39, 0.29) is 0 Å². The first-order valence-electron chi connectivity index (χ1n) is 6.20. The van der Waals surface area contributed by atoms with Crippen molar-refractivity contribution in [3.8, 4) is 22.6 Å². The van der Waals surface area contributed by atoms with E-state index in [1.807, 2.05) is 30.5 Å². The summed E-state index contributed by atoms with van der Waals surface area (Å²) in [4.78, 5) is 7.75. The van der Waals surface area contributed by atoms with Crippen LogP contribution in [0.1, 0.15) is 5.56 Å². The Labute approximate surface area is 112 Å². The fourth-order valence-electron chi connectivity index (χ4n) is 1.99. The van der Waals surface area contributed by atoms with Crippen LogP contribution < -0.4 is 5.73 Å². The van der Waals surface area contributed by atoms with Crippen LogP contribution in [0.25, 0.3) is 22.6 Å². The maximum absolute atomic E-state index is 5.68. The van der Waals surface area contributed by atoms with Crippen LogP contribution in [0.5, 0.6) is 0 Å². The number of hydrogen-bond donors (Lipinski definition) is 2. The first-order chi connectivity index (χ1) is 9.22. The van der Waals surface area contributed by atoms with Gasteiger partial charge in [-0.25, -0.2) is 4.98 Å². The molecular formula is C16H15N3. The van der Waals surface area contributed by atoms with Crippen molar-refractivity contribution in [3.63, 3.8) is 0 Å². The second-order valence-corrected chi connectivity index (χ2v) is 4.63. The predicted molar refractivity (Wildman–Crippen MR) is 78.6 cm³/mol. The molecule has 0 aliphatic carbocycles. The van der Waals surface area contributed by atoms with Crippen LogP contribution in [-0.2, 0) is 0 Å². The summed E-state index contributed by atoms with van der Waals surface area (Å²) < 4.78 is 0. The van der Waals surface area contributed by atoms with Crippen molar-refractivity contribution in [2.24, 2.45) is 0 Å². The normalized spacial score (nSPS) is 10.6. The van der Waals surface area contributed by atoms with Crippen LogP contribution in [0.2, 0.25) is 0 Å². The molecule has 3 N–H and O–H groups in total. The summed E-state index contributed by atoms with van der Waals surface area (Å²) in [6, 6.07) is 16.1. The molecule has 2 aromatic carbocycles. The molecule has 0 radical (unpaired) electrons. The molecule has 0 aliphatic heterocycles. The Balaban J connectivity index is 1.95. The molecule has 94 valence electrons. The zero-order valence-electron chi connectivity index (χ0n) is 10.7. The number of benzene rings is 2. The Bertz CT molecular complexity index is 619. The van der Waals surface area contributed by atoms with Gasteiger partial charge in [-0.1, -0.05) is 29.8 Å². The van der Waals surface area contributed by atoms with Gasteiger partial charge in [0, 0.05) is 11.3 Å². The Hall–Kier alpha value is -2.55. The largest absolute Gasteiger partial charge is 0.399 e. The van der Waals surface area contributed by atoms with E-state index in [2.05, 4.69) is 41.2 Å². The van der Waals surface area contributed by atoms with Crippen LogP contribution in [0.15, 0.2) is 54.7 Å². The van der Waals surface area contributed by atoms with Crippen molar-refractivity contribution in [1.29, 1.82) is 0 Å². The second kappa shape index (κ2) is 4.61. The van der Waals surface area contributed by atoms with E-state index in [9.17, 15) is 0 Å². The molecule has 0 aliphatic rings. The molecule has 3 aromatic rings. The van der Waals surface area contributed by atoms with Crippen LogP contribution in [0.3, 0.4) is 0 Å². The molecule has 0 saturated carbocycles. The maximum Gasteiger partial charge on any atom is 0.137 e. The topological polar surface area (TPSA) is 54.7 Å². The fourth-order valence-corrected chi connectivity index (χ4v) is 1.99. The van der Waals surface area contributed by atoms with Gasteiger partial charge in [0.1, 0.15) is 5.82 Å². The van der Waals surface area contributed by atoms with Crippen molar-refractivity contribution in [2.45, 2.75) is 6.92 Å². The molecule has 0 fully saturated rings. The average molecular weight is 249 g/mol. The Kier molecular flexibility index (Phi) is 2.80. The van der Waals surface area contributed by atoms with Gasteiger partial charge in [0.05, 0.1) is 11.9 Å². The molecule has 3 rings (SSSR count). The first kappa shape index (κ1) is 11.5. The van der Waals surface area contributed by atoms with E-state index in [4.69, 9.17) is 5.73 Å². The summed E-state index contributed by atoms with van der Waals surface area (Å²) in [5.74, 6) is 0.857. The summed E-state index contributed by atoms with van der Waals surface area (Å²) in [6.45, 7) is 2.08. The molecule has 19 heavy (non-hydrogen) atoms. The molecular weight excluding hydrogens is 234 g/mol. The number of aromatic nitrogens is 2. The molecule has 0 saturated heterocycles. The fraction of sp³-hybridized carbons (Fsp3) is 0.0625. The van der Waals surface area contributed by atoms with Gasteiger partial charge < -0.3 is 10.7 Å². The molecule has 0 bridgehead atoms. The predicted octanol–water partition coefficient (Wildman–Crippen LogP) is 3.63. The van der Waals surface area contributed by atoms with Gasteiger partial charge in [-0.05, 0) is 36.8 Å². The number of rotatable bonds is 2. The number of nitrogen functional groups attached to an aromatic ring is 1. The van der Waals surface area contributed by atoms with Crippen molar-refractivity contribution < 1.29 is 0 Å². The van der Waals surface area contributed by atoms with Crippen molar-refractivity contribution in [1.82, 2.24) is 9.97 Å². The highest BCUT2D eigenvalue weighted by molar-refractivity contribution is 5.65. The van der Waals surface area contributed by atoms with E-state index in [0.717, 1.165) is 28.3 Å². The van der Waals surface area contributed by atoms with Gasteiger partial charge in [-0.2, -0.15) is 0 Å². The van der Waals surface area contributed by atoms with Crippen molar-refractivity contribution in [2.75, 3.05) is 5.73 Å². The van der Waals surface area contributed by atoms with E-state index in [1.54, 1.807) is 0 Å². The van der Waals surface area contributed by atoms with Gasteiger partial charge in [0.2, 0.25) is 0 Å². The van der Waals surface area contributed by atoms with Crippen LogP contribution >= 0.6 is 0 Å². The molecule has 1 aromatic heterocycles. The minimum atomic E-state index is 0.758. The van der Waals surface area contributed by atoms with Crippen LogP contribution in [0.4, 0.5) is 5.69 Å². The summed E-state index contributed by atoms with van der Waals surface area (Å²) >= 11 is 0. The molecule has 3 heteroatoms. The van der Waals surface area contributed by atoms with Gasteiger partial charge in [-0.3, -0.25) is 0 Å². The van der Waals surface area contributed by atoms with E-state index in [0.29, 0.717) is 0 Å². The standard InChI is InChI=1S/C16H15N3/c1-11-2-4-12(5-3-11)15-10-18-16(19-15)13-6-8-14(17)9-7-13/h2-10H,17H2,1H3,(H,18,19). The molecule has 0 unspecified atom stereocenters. The number of imidazole rings is 1. The highest BCUT2D eigenvalue weighted by Gasteiger charge is 2.05. The number of nitrogens with zero attached hydrogens (tertiary/aromatic N) is 1. The van der Waals surface area contributed by atoms with E-state index in [1.165, 1.54) is 5.56 Å². The number of anilines is 1. The number of nitrogens with one attached hydrogen (secondary N) is 1. The van der Waals surface area contributed by atoms with Crippen LogP contribution in [-0.4, -0.2) is 9.97 Å². The lowest BCUT2D eigenvalue weighted by Gasteiger charge is -1.99. The highest BCUT2D eigenvalue weighted by Crippen LogP contribution is 2.22. The van der Waals surface area contributed by atoms with Gasteiger partial charge >= 0.3 is 0 Å². The number of nitrogens with two attached hydrogens (primary N) is 1. The lowest BCUT2D eigenvalue weighted by molar-refractivity contribution is 1.31. The Morgan fingerprint density at radius 1 is 0.895 bits per heavy atom. The van der Waals surface area contributed by atoms with Crippen molar-refractivity contribution in [3.05, 3.63) is 60.3 Å². The molecule has 0 atom stereocenters. The molecule has 0 spiro atoms. The first-order valence-corrected chi connectivity index (χ1v) is 6.20. The third-order valence-electron chi connectivity index (χ3n) is 3.12. The summed E-state index contributed by atoms with van der Waals surface area (Å²) in [7, 11) is 0. The minimum absolute atomic E-state index is 0.758. The monoisotopic (exact) mass is 249 g/mol. The molecule has 1 heterocycles. The maximum atomic E-state index is 5.68. The lowest BCUT2D eigenvalue weighted by atomic mass is 10.1. The number of H-pyrrole nitrogens is 1. The zero-order valence-corrected chi connectivity index (χ0v) is 10.7. The van der Waals surface area contributed by atoms with Crippen molar-refractivity contribution >= 4 is 5.69 Å². The highest BCUT2D eigenvalue weighted by atomic mass is 14.9. The number of aryl methyl sites for hydroxylation is 1. The van der Waals surface area contributed by atoms with Gasteiger partial charge in [-0.15, -0.1) is 0 Å². The summed E-state index contributed by atoms with van der Waals surface area (Å²) in [5.41, 5.74) is 10.9. The summed E-state index contributed by atoms with van der Waals surface area (Å²) in [6.07, 6.45) is 1.86. The Morgan fingerprint density at radius 3 is 2.21 bits per heavy atom. The Morgan fingerprint density at radius 2 is 1.53 bits per heavy atom. The van der Waals surface area contributed by atoms with E-state index < -0.39 is 0 Å². The molecule has 0 amide bonds. The second-order valence-electron chi connectivity index (χ2n) is 4.63. The van der Waals surface area contributed by atoms with Crippen LogP contribution in [0, 0.1) is 6.92 Å². The molecule has 3 nitrogen and oxygen atoms in total. The zero-order chi connectivity index (χ0) is 13.2. The SMILES string of the molecule is Cc1ccc(-c2cnc(-c3ccc(N)cc3)[nH]2)cc1. The smallest absolute Gasteiger partial charge is 0.137 e. The summed E-state index contributed by atoms with van der Waals surface area (Å²) in [5, 5.41) is 0. The third kappa shape index (κ3) is 2.36. The van der Waals surface area contributed by atoms with Gasteiger partial charge in [0.25, 0.3) is 0 Å². The quantitative estimate of drug-likeness (QED) is 0.681. The van der Waals surface area contributed by atoms with Gasteiger partial charge in [0.15, 0.2) is 0 Å². The third-order valence-corrected chi connectivity index (χ3v) is 3.12. The minimum Gasteiger partial charge on any atom is -0.399 e. The number of aromatic amines is 1. The van der Waals surface area contributed by atoms with E-state index >= 15 is 0 Å².